The van der Waals surface area contributed by atoms with Crippen molar-refractivity contribution in [1.29, 1.82) is 0 Å². The molecule has 0 aliphatic heterocycles. The Balaban J connectivity index is 3.24. The average Bonchev–Trinajstić information content (AvgIpc) is 2.19. The van der Waals surface area contributed by atoms with Crippen LogP contribution in [-0.2, 0) is 4.84 Å². The molecule has 0 fully saturated rings. The molecule has 1 aromatic carbocycles. The van der Waals surface area contributed by atoms with Gasteiger partial charge in [0.15, 0.2) is 0 Å². The highest BCUT2D eigenvalue weighted by molar-refractivity contribution is 6.67. The van der Waals surface area contributed by atoms with Crippen molar-refractivity contribution in [3.05, 3.63) is 28.3 Å². The predicted octanol–water partition coefficient (Wildman–Crippen LogP) is 2.28. The summed E-state index contributed by atoms with van der Waals surface area (Å²) < 4.78 is 0. The number of hydrogen-bond acceptors (Lipinski definition) is 4. The molecule has 0 saturated carbocycles. The van der Waals surface area contributed by atoms with Gasteiger partial charge in [-0.05, 0) is 23.7 Å². The fourth-order valence-electron chi connectivity index (χ4n) is 0.969. The summed E-state index contributed by atoms with van der Waals surface area (Å²) in [5.41, 5.74) is 6.72. The van der Waals surface area contributed by atoms with Crippen LogP contribution in [0, 0.1) is 0 Å². The van der Waals surface area contributed by atoms with Gasteiger partial charge in [0.25, 0.3) is 5.24 Å². The standard InChI is InChI=1S/C9H8Cl2N2O2/c1-15-13-4-6-2-5(9(11)14)3-7(10)8(6)12/h2-4H,12H2,1H3. The maximum atomic E-state index is 10.9. The predicted molar refractivity (Wildman–Crippen MR) is 60.7 cm³/mol. The van der Waals surface area contributed by atoms with Crippen LogP contribution in [0.4, 0.5) is 5.69 Å². The number of carbonyl (C=O) groups excluding carboxylic acids is 1. The molecule has 0 aliphatic carbocycles. The molecule has 0 aromatic heterocycles. The monoisotopic (exact) mass is 246 g/mol. The molecule has 15 heavy (non-hydrogen) atoms. The molecule has 0 amide bonds. The van der Waals surface area contributed by atoms with Crippen LogP contribution in [-0.4, -0.2) is 18.6 Å². The summed E-state index contributed by atoms with van der Waals surface area (Å²) in [6.45, 7) is 0. The van der Waals surface area contributed by atoms with E-state index in [1.54, 1.807) is 0 Å². The van der Waals surface area contributed by atoms with E-state index < -0.39 is 5.24 Å². The second-order valence-corrected chi connectivity index (χ2v) is 3.40. The maximum Gasteiger partial charge on any atom is 0.252 e. The smallest absolute Gasteiger partial charge is 0.252 e. The first-order valence-corrected chi connectivity index (χ1v) is 4.67. The third-order valence-electron chi connectivity index (χ3n) is 1.69. The molecule has 0 saturated heterocycles. The molecule has 1 aromatic rings. The van der Waals surface area contributed by atoms with Crippen LogP contribution in [0.25, 0.3) is 0 Å². The number of oxime groups is 1. The van der Waals surface area contributed by atoms with Gasteiger partial charge in [0.1, 0.15) is 7.11 Å². The summed E-state index contributed by atoms with van der Waals surface area (Å²) in [6.07, 6.45) is 1.35. The van der Waals surface area contributed by atoms with Crippen LogP contribution >= 0.6 is 23.2 Å². The summed E-state index contributed by atoms with van der Waals surface area (Å²) in [4.78, 5) is 15.4. The number of hydrogen-bond donors (Lipinski definition) is 1. The van der Waals surface area contributed by atoms with Gasteiger partial charge in [0.2, 0.25) is 0 Å². The van der Waals surface area contributed by atoms with E-state index in [2.05, 4.69) is 9.99 Å². The van der Waals surface area contributed by atoms with Crippen molar-refractivity contribution in [3.8, 4) is 0 Å². The molecule has 0 heterocycles. The summed E-state index contributed by atoms with van der Waals surface area (Å²) in [6, 6.07) is 2.88. The number of rotatable bonds is 3. The minimum Gasteiger partial charge on any atom is -0.399 e. The minimum absolute atomic E-state index is 0.249. The SMILES string of the molecule is CON=Cc1cc(C(=O)Cl)cc(Cl)c1N. The van der Waals surface area contributed by atoms with Crippen LogP contribution in [0.2, 0.25) is 5.02 Å². The van der Waals surface area contributed by atoms with E-state index in [1.807, 2.05) is 0 Å². The fourth-order valence-corrected chi connectivity index (χ4v) is 1.30. The number of carbonyl (C=O) groups is 1. The third kappa shape index (κ3) is 2.84. The van der Waals surface area contributed by atoms with Gasteiger partial charge in [-0.1, -0.05) is 16.8 Å². The van der Waals surface area contributed by atoms with Crippen LogP contribution in [0.3, 0.4) is 0 Å². The Bertz CT molecular complexity index is 419. The molecule has 1 rings (SSSR count). The van der Waals surface area contributed by atoms with Crippen molar-refractivity contribution < 1.29 is 9.63 Å². The highest BCUT2D eigenvalue weighted by atomic mass is 35.5. The number of nitrogens with two attached hydrogens (primary N) is 1. The second-order valence-electron chi connectivity index (χ2n) is 2.65. The van der Waals surface area contributed by atoms with E-state index in [4.69, 9.17) is 28.9 Å². The highest BCUT2D eigenvalue weighted by Crippen LogP contribution is 2.24. The van der Waals surface area contributed by atoms with E-state index in [0.717, 1.165) is 0 Å². The van der Waals surface area contributed by atoms with Crippen LogP contribution < -0.4 is 5.73 Å². The van der Waals surface area contributed by atoms with Crippen molar-refractivity contribution in [2.45, 2.75) is 0 Å². The largest absolute Gasteiger partial charge is 0.399 e. The van der Waals surface area contributed by atoms with Gasteiger partial charge in [-0.2, -0.15) is 0 Å². The number of halogens is 2. The lowest BCUT2D eigenvalue weighted by Crippen LogP contribution is -1.99. The first kappa shape index (κ1) is 11.8. The molecule has 2 N–H and O–H groups in total. The normalized spacial score (nSPS) is 10.6. The molecule has 4 nitrogen and oxygen atoms in total. The topological polar surface area (TPSA) is 64.7 Å². The molecule has 0 aliphatic rings. The van der Waals surface area contributed by atoms with Gasteiger partial charge in [-0.25, -0.2) is 0 Å². The molecular formula is C9H8Cl2N2O2. The van der Waals surface area contributed by atoms with E-state index in [1.165, 1.54) is 25.5 Å². The number of nitrogen functional groups attached to an aromatic ring is 1. The zero-order chi connectivity index (χ0) is 11.4. The maximum absolute atomic E-state index is 10.9. The van der Waals surface area contributed by atoms with Crippen LogP contribution in [0.5, 0.6) is 0 Å². The summed E-state index contributed by atoms with van der Waals surface area (Å²) in [7, 11) is 1.39. The number of nitrogens with zero attached hydrogens (tertiary/aromatic N) is 1. The van der Waals surface area contributed by atoms with Crippen molar-refractivity contribution in [2.75, 3.05) is 12.8 Å². The Morgan fingerprint density at radius 3 is 2.80 bits per heavy atom. The molecule has 0 radical (unpaired) electrons. The van der Waals surface area contributed by atoms with Crippen molar-refractivity contribution in [3.63, 3.8) is 0 Å². The lowest BCUT2D eigenvalue weighted by molar-refractivity contribution is 0.108. The molecule has 80 valence electrons. The molecular weight excluding hydrogens is 239 g/mol. The van der Waals surface area contributed by atoms with Crippen molar-refractivity contribution in [2.24, 2.45) is 5.16 Å². The quantitative estimate of drug-likeness (QED) is 0.385. The zero-order valence-electron chi connectivity index (χ0n) is 7.83. The van der Waals surface area contributed by atoms with E-state index >= 15 is 0 Å². The molecule has 0 unspecified atom stereocenters. The van der Waals surface area contributed by atoms with E-state index in [-0.39, 0.29) is 10.6 Å². The first-order chi connectivity index (χ1) is 7.06. The van der Waals surface area contributed by atoms with Gasteiger partial charge in [0.05, 0.1) is 16.9 Å². The van der Waals surface area contributed by atoms with Gasteiger partial charge in [0, 0.05) is 11.1 Å². The van der Waals surface area contributed by atoms with Crippen molar-refractivity contribution in [1.82, 2.24) is 0 Å². The Morgan fingerprint density at radius 1 is 1.60 bits per heavy atom. The van der Waals surface area contributed by atoms with Gasteiger partial charge in [-0.15, -0.1) is 0 Å². The van der Waals surface area contributed by atoms with Crippen molar-refractivity contribution >= 4 is 40.3 Å². The lowest BCUT2D eigenvalue weighted by Gasteiger charge is -2.04. The summed E-state index contributed by atoms with van der Waals surface area (Å²) in [5.74, 6) is 0. The molecule has 6 heteroatoms. The Hall–Kier alpha value is -1.26. The summed E-state index contributed by atoms with van der Waals surface area (Å²) >= 11 is 11.1. The minimum atomic E-state index is -0.607. The zero-order valence-corrected chi connectivity index (χ0v) is 9.34. The number of benzene rings is 1. The highest BCUT2D eigenvalue weighted by Gasteiger charge is 2.09. The number of anilines is 1. The van der Waals surface area contributed by atoms with E-state index in [9.17, 15) is 4.79 Å². The third-order valence-corrected chi connectivity index (χ3v) is 2.22. The van der Waals surface area contributed by atoms with Gasteiger partial charge >= 0.3 is 0 Å². The summed E-state index contributed by atoms with van der Waals surface area (Å²) in [5, 5.41) is 3.17. The average molecular weight is 247 g/mol. The van der Waals surface area contributed by atoms with Crippen LogP contribution in [0.15, 0.2) is 17.3 Å². The van der Waals surface area contributed by atoms with E-state index in [0.29, 0.717) is 11.3 Å². The fraction of sp³-hybridized carbons (Fsp3) is 0.111. The van der Waals surface area contributed by atoms with Crippen LogP contribution in [0.1, 0.15) is 15.9 Å². The Kier molecular flexibility index (Phi) is 3.94. The Labute approximate surface area is 96.6 Å². The lowest BCUT2D eigenvalue weighted by atomic mass is 10.1. The molecule has 0 atom stereocenters. The van der Waals surface area contributed by atoms with Gasteiger partial charge in [-0.3, -0.25) is 4.79 Å². The van der Waals surface area contributed by atoms with Gasteiger partial charge < -0.3 is 10.6 Å². The second kappa shape index (κ2) is 5.00. The molecule has 0 spiro atoms. The molecule has 0 bridgehead atoms. The first-order valence-electron chi connectivity index (χ1n) is 3.91. The Morgan fingerprint density at radius 2 is 2.27 bits per heavy atom.